The standard InChI is InChI=1S/C4H5N5S/c1-2-4-6-7-8-9(4)10-3-5/h2H2,1H3. The first kappa shape index (κ1) is 7.02. The molecular formula is C4H5N5S. The Morgan fingerprint density at radius 1 is 1.80 bits per heavy atom. The van der Waals surface area contributed by atoms with Crippen LogP contribution in [0.4, 0.5) is 0 Å². The molecule has 1 heterocycles. The van der Waals surface area contributed by atoms with Crippen LogP contribution in [0.2, 0.25) is 0 Å². The van der Waals surface area contributed by atoms with Crippen molar-refractivity contribution in [3.05, 3.63) is 5.82 Å². The van der Waals surface area contributed by atoms with Crippen LogP contribution < -0.4 is 0 Å². The molecule has 0 amide bonds. The van der Waals surface area contributed by atoms with Gasteiger partial charge in [0.05, 0.1) is 11.9 Å². The Bertz CT molecular complexity index is 248. The van der Waals surface area contributed by atoms with Crippen molar-refractivity contribution in [1.29, 1.82) is 5.26 Å². The maximum atomic E-state index is 8.25. The molecule has 1 aromatic rings. The maximum Gasteiger partial charge on any atom is 0.164 e. The lowest BCUT2D eigenvalue weighted by Gasteiger charge is -1.90. The van der Waals surface area contributed by atoms with Crippen LogP contribution in [0.1, 0.15) is 12.7 Å². The third-order valence-corrected chi connectivity index (χ3v) is 1.48. The average molecular weight is 155 g/mol. The molecule has 0 unspecified atom stereocenters. The summed E-state index contributed by atoms with van der Waals surface area (Å²) in [4.78, 5) is 0. The first-order chi connectivity index (χ1) is 4.88. The van der Waals surface area contributed by atoms with E-state index in [0.717, 1.165) is 18.4 Å². The predicted octanol–water partition coefficient (Wildman–Crippen LogP) is 0.213. The van der Waals surface area contributed by atoms with E-state index in [-0.39, 0.29) is 0 Å². The SMILES string of the molecule is CCc1nnnn1SC#N. The van der Waals surface area contributed by atoms with E-state index in [1.165, 1.54) is 4.09 Å². The van der Waals surface area contributed by atoms with E-state index in [4.69, 9.17) is 5.26 Å². The molecule has 0 aromatic carbocycles. The zero-order valence-corrected chi connectivity index (χ0v) is 6.17. The molecule has 0 radical (unpaired) electrons. The van der Waals surface area contributed by atoms with Crippen molar-refractivity contribution in [2.75, 3.05) is 0 Å². The number of hydrogen-bond acceptors (Lipinski definition) is 5. The topological polar surface area (TPSA) is 67.4 Å². The highest BCUT2D eigenvalue weighted by Crippen LogP contribution is 2.03. The Labute approximate surface area is 62.2 Å². The highest BCUT2D eigenvalue weighted by atomic mass is 32.2. The van der Waals surface area contributed by atoms with Gasteiger partial charge in [-0.2, -0.15) is 9.35 Å². The highest BCUT2D eigenvalue weighted by molar-refractivity contribution is 8.02. The summed E-state index contributed by atoms with van der Waals surface area (Å²) in [6.07, 6.45) is 0.738. The summed E-state index contributed by atoms with van der Waals surface area (Å²) in [5.74, 6) is 0.714. The van der Waals surface area contributed by atoms with Crippen molar-refractivity contribution in [2.24, 2.45) is 0 Å². The van der Waals surface area contributed by atoms with E-state index < -0.39 is 0 Å². The fourth-order valence-corrected chi connectivity index (χ4v) is 0.931. The van der Waals surface area contributed by atoms with Crippen LogP contribution in [-0.2, 0) is 6.42 Å². The molecular weight excluding hydrogens is 150 g/mol. The number of aromatic nitrogens is 4. The van der Waals surface area contributed by atoms with E-state index in [2.05, 4.69) is 15.5 Å². The molecule has 0 saturated carbocycles. The normalized spacial score (nSPS) is 9.20. The molecule has 6 heteroatoms. The van der Waals surface area contributed by atoms with Crippen LogP contribution in [0, 0.1) is 10.7 Å². The quantitative estimate of drug-likeness (QED) is 0.571. The van der Waals surface area contributed by atoms with E-state index in [1.54, 1.807) is 0 Å². The molecule has 5 nitrogen and oxygen atoms in total. The molecule has 0 fully saturated rings. The van der Waals surface area contributed by atoms with Crippen molar-refractivity contribution in [2.45, 2.75) is 13.3 Å². The van der Waals surface area contributed by atoms with Gasteiger partial charge in [-0.1, -0.05) is 6.92 Å². The van der Waals surface area contributed by atoms with Gasteiger partial charge in [-0.3, -0.25) is 0 Å². The number of rotatable bonds is 2. The predicted molar refractivity (Wildman–Crippen MR) is 35.8 cm³/mol. The number of hydrogen-bond donors (Lipinski definition) is 0. The lowest BCUT2D eigenvalue weighted by molar-refractivity contribution is 0.849. The monoisotopic (exact) mass is 155 g/mol. The van der Waals surface area contributed by atoms with Gasteiger partial charge >= 0.3 is 0 Å². The molecule has 0 aliphatic rings. The van der Waals surface area contributed by atoms with E-state index in [1.807, 2.05) is 12.3 Å². The highest BCUT2D eigenvalue weighted by Gasteiger charge is 2.01. The molecule has 0 aliphatic heterocycles. The van der Waals surface area contributed by atoms with Gasteiger partial charge in [-0.25, -0.2) is 0 Å². The molecule has 0 atom stereocenters. The smallest absolute Gasteiger partial charge is 0.164 e. The van der Waals surface area contributed by atoms with Gasteiger partial charge in [0.2, 0.25) is 0 Å². The zero-order chi connectivity index (χ0) is 7.40. The number of nitrogens with zero attached hydrogens (tertiary/aromatic N) is 5. The molecule has 10 heavy (non-hydrogen) atoms. The summed E-state index contributed by atoms with van der Waals surface area (Å²) in [5, 5.41) is 20.8. The van der Waals surface area contributed by atoms with Gasteiger partial charge in [0.15, 0.2) is 11.2 Å². The summed E-state index contributed by atoms with van der Waals surface area (Å²) >= 11 is 0.919. The molecule has 1 rings (SSSR count). The van der Waals surface area contributed by atoms with Crippen molar-refractivity contribution in [3.63, 3.8) is 0 Å². The molecule has 0 N–H and O–H groups in total. The summed E-state index contributed by atoms with van der Waals surface area (Å²) in [5.41, 5.74) is 0. The van der Waals surface area contributed by atoms with Gasteiger partial charge in [-0.05, 0) is 10.4 Å². The van der Waals surface area contributed by atoms with Crippen molar-refractivity contribution >= 4 is 11.9 Å². The van der Waals surface area contributed by atoms with Gasteiger partial charge in [0, 0.05) is 6.42 Å². The van der Waals surface area contributed by atoms with Gasteiger partial charge in [-0.15, -0.1) is 5.10 Å². The average Bonchev–Trinajstić information content (AvgIpc) is 2.36. The second-order valence-electron chi connectivity index (χ2n) is 1.50. The molecule has 0 aliphatic carbocycles. The van der Waals surface area contributed by atoms with E-state index in [0.29, 0.717) is 5.82 Å². The minimum absolute atomic E-state index is 0.714. The maximum absolute atomic E-state index is 8.25. The molecule has 0 spiro atoms. The second kappa shape index (κ2) is 3.17. The molecule has 0 saturated heterocycles. The number of nitriles is 1. The molecule has 52 valence electrons. The van der Waals surface area contributed by atoms with E-state index >= 15 is 0 Å². The number of aryl methyl sites for hydroxylation is 1. The van der Waals surface area contributed by atoms with Crippen molar-refractivity contribution in [3.8, 4) is 5.40 Å². The van der Waals surface area contributed by atoms with Crippen LogP contribution in [-0.4, -0.2) is 19.6 Å². The fourth-order valence-electron chi connectivity index (χ4n) is 0.513. The summed E-state index contributed by atoms with van der Waals surface area (Å²) < 4.78 is 1.40. The lowest BCUT2D eigenvalue weighted by Crippen LogP contribution is -1.94. The first-order valence-electron chi connectivity index (χ1n) is 2.72. The van der Waals surface area contributed by atoms with Gasteiger partial charge < -0.3 is 0 Å². The zero-order valence-electron chi connectivity index (χ0n) is 5.35. The Morgan fingerprint density at radius 3 is 3.20 bits per heavy atom. The Kier molecular flexibility index (Phi) is 2.23. The van der Waals surface area contributed by atoms with Crippen LogP contribution in [0.3, 0.4) is 0 Å². The summed E-state index contributed by atoms with van der Waals surface area (Å²) in [6.45, 7) is 1.93. The molecule has 0 bridgehead atoms. The Hall–Kier alpha value is -1.09. The van der Waals surface area contributed by atoms with Crippen molar-refractivity contribution in [1.82, 2.24) is 19.6 Å². The first-order valence-corrected chi connectivity index (χ1v) is 3.49. The van der Waals surface area contributed by atoms with Gasteiger partial charge in [0.1, 0.15) is 0 Å². The lowest BCUT2D eigenvalue weighted by atomic mass is 10.5. The summed E-state index contributed by atoms with van der Waals surface area (Å²) in [7, 11) is 0. The Morgan fingerprint density at radius 2 is 2.60 bits per heavy atom. The fraction of sp³-hybridized carbons (Fsp3) is 0.500. The summed E-state index contributed by atoms with van der Waals surface area (Å²) in [6, 6.07) is 0. The van der Waals surface area contributed by atoms with Crippen LogP contribution in [0.5, 0.6) is 0 Å². The molecule has 1 aromatic heterocycles. The Balaban J connectivity index is 2.82. The van der Waals surface area contributed by atoms with Crippen LogP contribution >= 0.6 is 11.9 Å². The number of thiocyanates is 1. The second-order valence-corrected chi connectivity index (χ2v) is 2.22. The third kappa shape index (κ3) is 1.25. The van der Waals surface area contributed by atoms with Crippen LogP contribution in [0.25, 0.3) is 0 Å². The largest absolute Gasteiger partial charge is 0.183 e. The number of tetrazole rings is 1. The van der Waals surface area contributed by atoms with Crippen molar-refractivity contribution < 1.29 is 0 Å². The van der Waals surface area contributed by atoms with Crippen LogP contribution in [0.15, 0.2) is 0 Å². The van der Waals surface area contributed by atoms with E-state index in [9.17, 15) is 0 Å². The van der Waals surface area contributed by atoms with Gasteiger partial charge in [0.25, 0.3) is 0 Å². The minimum atomic E-state index is 0.714. The minimum Gasteiger partial charge on any atom is -0.183 e. The third-order valence-electron chi connectivity index (χ3n) is 0.946.